The molecule has 0 radical (unpaired) electrons. The lowest BCUT2D eigenvalue weighted by Crippen LogP contribution is -2.36. The van der Waals surface area contributed by atoms with Crippen molar-refractivity contribution in [1.82, 2.24) is 26.6 Å². The zero-order valence-corrected chi connectivity index (χ0v) is 13.6. The molecule has 0 unspecified atom stereocenters. The van der Waals surface area contributed by atoms with Gasteiger partial charge in [-0.15, -0.1) is 0 Å². The summed E-state index contributed by atoms with van der Waals surface area (Å²) in [7, 11) is 0. The number of hydrogen-bond donors (Lipinski definition) is 5. The molecule has 0 saturated carbocycles. The molecule has 0 amide bonds. The summed E-state index contributed by atoms with van der Waals surface area (Å²) < 4.78 is 0. The number of nitrogens with one attached hydrogen (secondary N) is 5. The number of thioether (sulfide) groups is 1. The Bertz CT molecular complexity index is 108. The van der Waals surface area contributed by atoms with Crippen LogP contribution in [0.4, 0.5) is 0 Å². The molecule has 0 aromatic heterocycles. The van der Waals surface area contributed by atoms with Gasteiger partial charge in [0, 0.05) is 64.7 Å². The van der Waals surface area contributed by atoms with Crippen LogP contribution in [-0.2, 0) is 0 Å². The van der Waals surface area contributed by atoms with Crippen LogP contribution in [0.3, 0.4) is 0 Å². The average molecular weight is 304 g/mol. The molecule has 0 aromatic rings. The Labute approximate surface area is 128 Å². The first kappa shape index (κ1) is 18.2. The van der Waals surface area contributed by atoms with Crippen LogP contribution in [0, 0.1) is 0 Å². The van der Waals surface area contributed by atoms with Crippen molar-refractivity contribution in [1.29, 1.82) is 0 Å². The third kappa shape index (κ3) is 13.1. The number of hydrogen-bond acceptors (Lipinski definition) is 6. The Morgan fingerprint density at radius 2 is 0.850 bits per heavy atom. The van der Waals surface area contributed by atoms with Crippen molar-refractivity contribution in [2.24, 2.45) is 0 Å². The predicted octanol–water partition coefficient (Wildman–Crippen LogP) is -0.539. The van der Waals surface area contributed by atoms with Gasteiger partial charge in [0.25, 0.3) is 0 Å². The fourth-order valence-corrected chi connectivity index (χ4v) is 2.93. The Morgan fingerprint density at radius 1 is 0.400 bits per heavy atom. The maximum absolute atomic E-state index is 3.49. The smallest absolute Gasteiger partial charge is 0.00772 e. The molecule has 20 heavy (non-hydrogen) atoms. The van der Waals surface area contributed by atoms with Gasteiger partial charge in [-0.05, 0) is 25.1 Å². The Morgan fingerprint density at radius 3 is 1.40 bits per heavy atom. The molecule has 0 spiro atoms. The van der Waals surface area contributed by atoms with Crippen molar-refractivity contribution in [2.45, 2.75) is 12.8 Å². The zero-order chi connectivity index (χ0) is 14.1. The van der Waals surface area contributed by atoms with Crippen molar-refractivity contribution in [3.8, 4) is 0 Å². The second-order valence-electron chi connectivity index (χ2n) is 5.07. The van der Waals surface area contributed by atoms with Gasteiger partial charge in [-0.2, -0.15) is 11.8 Å². The molecular weight excluding hydrogens is 270 g/mol. The van der Waals surface area contributed by atoms with Crippen molar-refractivity contribution >= 4 is 11.8 Å². The van der Waals surface area contributed by atoms with Gasteiger partial charge in [0.15, 0.2) is 0 Å². The lowest BCUT2D eigenvalue weighted by molar-refractivity contribution is 0.556. The van der Waals surface area contributed by atoms with Gasteiger partial charge in [0.05, 0.1) is 0 Å². The van der Waals surface area contributed by atoms with Crippen molar-refractivity contribution in [3.63, 3.8) is 0 Å². The van der Waals surface area contributed by atoms with Crippen LogP contribution >= 0.6 is 11.8 Å². The molecule has 0 aliphatic carbocycles. The highest BCUT2D eigenvalue weighted by atomic mass is 32.2. The van der Waals surface area contributed by atoms with E-state index in [9.17, 15) is 0 Å². The van der Waals surface area contributed by atoms with Crippen LogP contribution in [-0.4, -0.2) is 77.0 Å². The summed E-state index contributed by atoms with van der Waals surface area (Å²) in [5, 5.41) is 17.3. The van der Waals surface area contributed by atoms with Crippen molar-refractivity contribution in [3.05, 3.63) is 0 Å². The highest BCUT2D eigenvalue weighted by Crippen LogP contribution is 2.02. The molecule has 0 aromatic carbocycles. The van der Waals surface area contributed by atoms with Gasteiger partial charge in [-0.1, -0.05) is 0 Å². The highest BCUT2D eigenvalue weighted by Gasteiger charge is 1.94. The van der Waals surface area contributed by atoms with Gasteiger partial charge in [-0.25, -0.2) is 0 Å². The molecule has 6 heteroatoms. The molecule has 1 saturated heterocycles. The minimum Gasteiger partial charge on any atom is -0.315 e. The summed E-state index contributed by atoms with van der Waals surface area (Å²) in [6.45, 7) is 10.8. The van der Waals surface area contributed by atoms with E-state index in [0.717, 1.165) is 65.4 Å². The summed E-state index contributed by atoms with van der Waals surface area (Å²) in [6, 6.07) is 0. The minimum atomic E-state index is 1.05. The molecule has 0 bridgehead atoms. The summed E-state index contributed by atoms with van der Waals surface area (Å²) in [6.07, 6.45) is 2.63. The monoisotopic (exact) mass is 303 g/mol. The fourth-order valence-electron chi connectivity index (χ4n) is 2.03. The normalized spacial score (nSPS) is 24.0. The van der Waals surface area contributed by atoms with Crippen LogP contribution in [0.1, 0.15) is 12.8 Å². The van der Waals surface area contributed by atoms with E-state index >= 15 is 0 Å². The molecule has 5 N–H and O–H groups in total. The molecule has 0 atom stereocenters. The van der Waals surface area contributed by atoms with E-state index < -0.39 is 0 Å². The number of rotatable bonds is 0. The van der Waals surface area contributed by atoms with Crippen LogP contribution in [0.15, 0.2) is 0 Å². The second-order valence-corrected chi connectivity index (χ2v) is 6.29. The van der Waals surface area contributed by atoms with Gasteiger partial charge >= 0.3 is 0 Å². The molecule has 1 fully saturated rings. The molecule has 1 aliphatic heterocycles. The standard InChI is InChI=1S/C14H33N5S/c1-2-13-20-14-12-19-11-10-18-9-8-17-7-6-16-5-4-15-3-1/h15-19H,1-14H2. The lowest BCUT2D eigenvalue weighted by atomic mass is 10.3. The van der Waals surface area contributed by atoms with Crippen LogP contribution < -0.4 is 26.6 Å². The zero-order valence-electron chi connectivity index (χ0n) is 12.8. The highest BCUT2D eigenvalue weighted by molar-refractivity contribution is 7.99. The lowest BCUT2D eigenvalue weighted by Gasteiger charge is -2.10. The Kier molecular flexibility index (Phi) is 14.1. The maximum Gasteiger partial charge on any atom is 0.00772 e. The van der Waals surface area contributed by atoms with Crippen molar-refractivity contribution in [2.75, 3.05) is 77.0 Å². The van der Waals surface area contributed by atoms with E-state index in [-0.39, 0.29) is 0 Å². The first-order chi connectivity index (χ1) is 10.0. The SMILES string of the molecule is C1CCSCCNCCNCCNCCNCCNC1. The van der Waals surface area contributed by atoms with Crippen molar-refractivity contribution < 1.29 is 0 Å². The molecule has 120 valence electrons. The molecular formula is C14H33N5S. The van der Waals surface area contributed by atoms with Crippen LogP contribution in [0.5, 0.6) is 0 Å². The Hall–Kier alpha value is 0.150. The van der Waals surface area contributed by atoms with Gasteiger partial charge in [0.1, 0.15) is 0 Å². The Balaban J connectivity index is 2.00. The maximum atomic E-state index is 3.49. The summed E-state index contributed by atoms with van der Waals surface area (Å²) in [5.41, 5.74) is 0. The van der Waals surface area contributed by atoms with Crippen LogP contribution in [0.25, 0.3) is 0 Å². The third-order valence-corrected chi connectivity index (χ3v) is 4.30. The van der Waals surface area contributed by atoms with E-state index in [1.165, 1.54) is 24.3 Å². The predicted molar refractivity (Wildman–Crippen MR) is 90.9 cm³/mol. The summed E-state index contributed by atoms with van der Waals surface area (Å²) >= 11 is 2.07. The summed E-state index contributed by atoms with van der Waals surface area (Å²) in [5.74, 6) is 2.53. The first-order valence-electron chi connectivity index (χ1n) is 8.11. The van der Waals surface area contributed by atoms with Gasteiger partial charge in [0.2, 0.25) is 0 Å². The van der Waals surface area contributed by atoms with Gasteiger partial charge < -0.3 is 26.6 Å². The van der Waals surface area contributed by atoms with Crippen LogP contribution in [0.2, 0.25) is 0 Å². The largest absolute Gasteiger partial charge is 0.315 e. The van der Waals surface area contributed by atoms with E-state index in [2.05, 4.69) is 38.3 Å². The van der Waals surface area contributed by atoms with E-state index in [4.69, 9.17) is 0 Å². The molecule has 1 heterocycles. The van der Waals surface area contributed by atoms with E-state index in [1.54, 1.807) is 0 Å². The van der Waals surface area contributed by atoms with E-state index in [1.807, 2.05) is 0 Å². The van der Waals surface area contributed by atoms with Gasteiger partial charge in [-0.3, -0.25) is 0 Å². The molecule has 5 nitrogen and oxygen atoms in total. The second kappa shape index (κ2) is 15.5. The minimum absolute atomic E-state index is 1.05. The topological polar surface area (TPSA) is 60.1 Å². The summed E-state index contributed by atoms with van der Waals surface area (Å²) in [4.78, 5) is 0. The quantitative estimate of drug-likeness (QED) is 0.414. The average Bonchev–Trinajstić information content (AvgIpc) is 2.46. The third-order valence-electron chi connectivity index (χ3n) is 3.23. The fraction of sp³-hybridized carbons (Fsp3) is 1.00. The van der Waals surface area contributed by atoms with E-state index in [0.29, 0.717) is 0 Å². The molecule has 1 rings (SSSR count). The molecule has 1 aliphatic rings. The first-order valence-corrected chi connectivity index (χ1v) is 9.27.